The van der Waals surface area contributed by atoms with Crippen molar-refractivity contribution in [3.05, 3.63) is 58.1 Å². The molecule has 0 fully saturated rings. The van der Waals surface area contributed by atoms with Gasteiger partial charge in [0, 0.05) is 12.7 Å². The molecule has 2 heterocycles. The Hall–Kier alpha value is -2.76. The van der Waals surface area contributed by atoms with Gasteiger partial charge in [-0.2, -0.15) is 5.10 Å². The molecule has 0 spiro atoms. The van der Waals surface area contributed by atoms with Gasteiger partial charge in [0.25, 0.3) is 5.56 Å². The Kier molecular flexibility index (Phi) is 3.13. The first kappa shape index (κ1) is 13.2. The molecule has 21 heavy (non-hydrogen) atoms. The minimum absolute atomic E-state index is 0.210. The summed E-state index contributed by atoms with van der Waals surface area (Å²) >= 11 is 0. The van der Waals surface area contributed by atoms with Crippen LogP contribution in [0.3, 0.4) is 0 Å². The Morgan fingerprint density at radius 3 is 2.71 bits per heavy atom. The summed E-state index contributed by atoms with van der Waals surface area (Å²) in [5, 5.41) is 4.87. The lowest BCUT2D eigenvalue weighted by molar-refractivity contribution is 0.297. The van der Waals surface area contributed by atoms with Crippen LogP contribution in [0.15, 0.2) is 41.2 Å². The highest BCUT2D eigenvalue weighted by Crippen LogP contribution is 2.16. The zero-order chi connectivity index (χ0) is 15.0. The van der Waals surface area contributed by atoms with Crippen molar-refractivity contribution in [3.8, 4) is 5.75 Å². The molecule has 6 heteroatoms. The van der Waals surface area contributed by atoms with E-state index < -0.39 is 0 Å². The van der Waals surface area contributed by atoms with Crippen LogP contribution in [-0.2, 0) is 13.7 Å². The van der Waals surface area contributed by atoms with Crippen LogP contribution in [0.5, 0.6) is 5.75 Å². The number of fused-ring (bicyclic) bond motifs is 1. The van der Waals surface area contributed by atoms with Crippen molar-refractivity contribution in [2.45, 2.75) is 13.5 Å². The van der Waals surface area contributed by atoms with Crippen molar-refractivity contribution < 1.29 is 4.74 Å². The molecule has 1 aromatic carbocycles. The number of aryl methyl sites for hydroxylation is 2. The Morgan fingerprint density at radius 1 is 1.29 bits per heavy atom. The standard InChI is InChI=1S/C15H16N4O2/c1-10-14-13(17-18(10)2)8-11(19(16)15(14)20)9-21-12-6-4-3-5-7-12/h3-8H,9,16H2,1-2H3. The molecule has 3 aromatic rings. The molecule has 0 amide bonds. The number of ether oxygens (including phenoxy) is 1. The van der Waals surface area contributed by atoms with Gasteiger partial charge in [-0.15, -0.1) is 0 Å². The topological polar surface area (TPSA) is 75.1 Å². The van der Waals surface area contributed by atoms with Crippen LogP contribution in [0.25, 0.3) is 10.9 Å². The number of nitrogens with zero attached hydrogens (tertiary/aromatic N) is 3. The molecule has 0 aliphatic rings. The fraction of sp³-hybridized carbons (Fsp3) is 0.200. The summed E-state index contributed by atoms with van der Waals surface area (Å²) in [7, 11) is 1.80. The van der Waals surface area contributed by atoms with Crippen molar-refractivity contribution >= 4 is 10.9 Å². The number of hydrogen-bond donors (Lipinski definition) is 1. The molecule has 0 saturated carbocycles. The van der Waals surface area contributed by atoms with Gasteiger partial charge in [-0.3, -0.25) is 9.48 Å². The van der Waals surface area contributed by atoms with E-state index in [1.165, 1.54) is 0 Å². The molecule has 0 aliphatic carbocycles. The summed E-state index contributed by atoms with van der Waals surface area (Å²) in [4.78, 5) is 12.3. The Balaban J connectivity index is 2.00. The highest BCUT2D eigenvalue weighted by molar-refractivity contribution is 5.80. The summed E-state index contributed by atoms with van der Waals surface area (Å²) in [6, 6.07) is 11.2. The second-order valence-corrected chi connectivity index (χ2v) is 4.88. The molecule has 0 saturated heterocycles. The summed E-state index contributed by atoms with van der Waals surface area (Å²) in [5.74, 6) is 6.60. The first-order chi connectivity index (χ1) is 10.1. The number of nitrogen functional groups attached to an aromatic ring is 1. The fourth-order valence-electron chi connectivity index (χ4n) is 2.26. The van der Waals surface area contributed by atoms with Gasteiger partial charge in [0.05, 0.1) is 11.1 Å². The number of rotatable bonds is 3. The third-order valence-electron chi connectivity index (χ3n) is 3.54. The first-order valence-corrected chi connectivity index (χ1v) is 6.59. The van der Waals surface area contributed by atoms with E-state index in [1.807, 2.05) is 37.3 Å². The van der Waals surface area contributed by atoms with Crippen LogP contribution < -0.4 is 16.1 Å². The molecule has 6 nitrogen and oxygen atoms in total. The summed E-state index contributed by atoms with van der Waals surface area (Å²) in [6.07, 6.45) is 0. The van der Waals surface area contributed by atoms with Crippen molar-refractivity contribution in [1.82, 2.24) is 14.5 Å². The van der Waals surface area contributed by atoms with Gasteiger partial charge in [0.15, 0.2) is 0 Å². The predicted molar refractivity (Wildman–Crippen MR) is 80.6 cm³/mol. The number of aromatic nitrogens is 3. The van der Waals surface area contributed by atoms with Crippen molar-refractivity contribution in [3.63, 3.8) is 0 Å². The lowest BCUT2D eigenvalue weighted by Crippen LogP contribution is -2.31. The smallest absolute Gasteiger partial charge is 0.280 e. The van der Waals surface area contributed by atoms with Crippen LogP contribution in [0, 0.1) is 6.92 Å². The third kappa shape index (κ3) is 2.24. The largest absolute Gasteiger partial charge is 0.487 e. The average Bonchev–Trinajstić information content (AvgIpc) is 2.77. The number of hydrogen-bond acceptors (Lipinski definition) is 4. The maximum atomic E-state index is 12.3. The molecule has 0 radical (unpaired) electrons. The summed E-state index contributed by atoms with van der Waals surface area (Å²) in [6.45, 7) is 2.05. The van der Waals surface area contributed by atoms with Crippen LogP contribution >= 0.6 is 0 Å². The Labute approximate surface area is 121 Å². The van der Waals surface area contributed by atoms with E-state index in [0.29, 0.717) is 16.6 Å². The SMILES string of the molecule is Cc1c2c(=O)n(N)c(COc3ccccc3)cc2nn1C. The van der Waals surface area contributed by atoms with E-state index in [2.05, 4.69) is 5.10 Å². The molecule has 2 N–H and O–H groups in total. The maximum Gasteiger partial charge on any atom is 0.280 e. The van der Waals surface area contributed by atoms with Crippen molar-refractivity contribution in [1.29, 1.82) is 0 Å². The van der Waals surface area contributed by atoms with Crippen molar-refractivity contribution in [2.75, 3.05) is 5.84 Å². The second-order valence-electron chi connectivity index (χ2n) is 4.88. The molecule has 0 atom stereocenters. The molecular formula is C15H16N4O2. The number of benzene rings is 1. The molecule has 108 valence electrons. The molecule has 0 unspecified atom stereocenters. The zero-order valence-corrected chi connectivity index (χ0v) is 11.9. The number of nitrogens with two attached hydrogens (primary N) is 1. The third-order valence-corrected chi connectivity index (χ3v) is 3.54. The summed E-state index contributed by atoms with van der Waals surface area (Å²) < 4.78 is 8.44. The van der Waals surface area contributed by atoms with Gasteiger partial charge in [-0.25, -0.2) is 4.68 Å². The monoisotopic (exact) mass is 284 g/mol. The highest BCUT2D eigenvalue weighted by Gasteiger charge is 2.14. The van der Waals surface area contributed by atoms with Crippen LogP contribution in [-0.4, -0.2) is 14.5 Å². The van der Waals surface area contributed by atoms with E-state index >= 15 is 0 Å². The first-order valence-electron chi connectivity index (χ1n) is 6.59. The van der Waals surface area contributed by atoms with E-state index in [4.69, 9.17) is 10.6 Å². The van der Waals surface area contributed by atoms with Gasteiger partial charge in [0.1, 0.15) is 17.9 Å². The maximum absolute atomic E-state index is 12.3. The van der Waals surface area contributed by atoms with E-state index in [9.17, 15) is 4.79 Å². The second kappa shape index (κ2) is 4.97. The van der Waals surface area contributed by atoms with E-state index in [1.54, 1.807) is 17.8 Å². The van der Waals surface area contributed by atoms with Gasteiger partial charge >= 0.3 is 0 Å². The fourth-order valence-corrected chi connectivity index (χ4v) is 2.26. The molecule has 3 rings (SSSR count). The Morgan fingerprint density at radius 2 is 2.00 bits per heavy atom. The van der Waals surface area contributed by atoms with Gasteiger partial charge in [-0.05, 0) is 25.1 Å². The predicted octanol–water partition coefficient (Wildman–Crippen LogP) is 1.34. The van der Waals surface area contributed by atoms with Gasteiger partial charge in [-0.1, -0.05) is 18.2 Å². The average molecular weight is 284 g/mol. The van der Waals surface area contributed by atoms with Gasteiger partial charge in [0.2, 0.25) is 0 Å². The van der Waals surface area contributed by atoms with Crippen LogP contribution in [0.4, 0.5) is 0 Å². The van der Waals surface area contributed by atoms with E-state index in [0.717, 1.165) is 16.1 Å². The quantitative estimate of drug-likeness (QED) is 0.736. The lowest BCUT2D eigenvalue weighted by Gasteiger charge is -2.10. The Bertz CT molecular complexity index is 849. The number of pyridine rings is 1. The van der Waals surface area contributed by atoms with Crippen LogP contribution in [0.1, 0.15) is 11.4 Å². The molecular weight excluding hydrogens is 268 g/mol. The minimum Gasteiger partial charge on any atom is -0.487 e. The summed E-state index contributed by atoms with van der Waals surface area (Å²) in [5.41, 5.74) is 1.75. The molecule has 0 aliphatic heterocycles. The van der Waals surface area contributed by atoms with Crippen molar-refractivity contribution in [2.24, 2.45) is 7.05 Å². The zero-order valence-electron chi connectivity index (χ0n) is 11.9. The normalized spacial score (nSPS) is 11.0. The van der Waals surface area contributed by atoms with E-state index in [-0.39, 0.29) is 12.2 Å². The van der Waals surface area contributed by atoms with Gasteiger partial charge < -0.3 is 10.6 Å². The highest BCUT2D eigenvalue weighted by atomic mass is 16.5. The molecule has 0 bridgehead atoms. The van der Waals surface area contributed by atoms with Crippen LogP contribution in [0.2, 0.25) is 0 Å². The molecule has 2 aromatic heterocycles. The minimum atomic E-state index is -0.259. The number of para-hydroxylation sites is 1. The lowest BCUT2D eigenvalue weighted by atomic mass is 10.2.